The average Bonchev–Trinajstić information content (AvgIpc) is 2.93. The molecule has 5 heteroatoms. The van der Waals surface area contributed by atoms with Crippen molar-refractivity contribution >= 4 is 27.8 Å². The van der Waals surface area contributed by atoms with Crippen molar-refractivity contribution in [2.45, 2.75) is 38.5 Å². The predicted molar refractivity (Wildman–Crippen MR) is 78.6 cm³/mol. The molecule has 1 aliphatic rings. The van der Waals surface area contributed by atoms with Crippen LogP contribution in [0.15, 0.2) is 11.6 Å². The lowest BCUT2D eigenvalue weighted by Gasteiger charge is -1.98. The number of hydrogen-bond donors (Lipinski definition) is 1. The molecule has 2 heterocycles. The molecule has 0 aromatic carbocycles. The highest BCUT2D eigenvalue weighted by Gasteiger charge is 2.27. The minimum atomic E-state index is 0.740. The Balaban J connectivity index is 1.67. The van der Waals surface area contributed by atoms with E-state index in [9.17, 15) is 0 Å². The summed E-state index contributed by atoms with van der Waals surface area (Å²) in [6.45, 7) is 3.21. The van der Waals surface area contributed by atoms with Crippen LogP contribution in [-0.4, -0.2) is 16.5 Å². The fraction of sp³-hybridized carbons (Fsp3) is 0.538. The molecule has 0 aliphatic heterocycles. The molecule has 0 saturated heterocycles. The van der Waals surface area contributed by atoms with Crippen LogP contribution in [0.4, 0.5) is 5.13 Å². The molecule has 1 fully saturated rings. The van der Waals surface area contributed by atoms with Crippen molar-refractivity contribution in [3.8, 4) is 10.6 Å². The minimum absolute atomic E-state index is 0.740. The zero-order valence-electron chi connectivity index (χ0n) is 10.5. The van der Waals surface area contributed by atoms with Crippen molar-refractivity contribution in [1.29, 1.82) is 0 Å². The maximum absolute atomic E-state index is 4.62. The third-order valence-corrected chi connectivity index (χ3v) is 5.00. The van der Waals surface area contributed by atoms with Gasteiger partial charge in [0.2, 0.25) is 0 Å². The van der Waals surface area contributed by atoms with Gasteiger partial charge in [0.05, 0.1) is 15.6 Å². The monoisotopic (exact) mass is 279 g/mol. The van der Waals surface area contributed by atoms with Gasteiger partial charge in [0, 0.05) is 24.0 Å². The van der Waals surface area contributed by atoms with Crippen molar-refractivity contribution < 1.29 is 0 Å². The molecule has 1 aliphatic carbocycles. The molecule has 1 N–H and O–H groups in total. The number of nitrogens with zero attached hydrogens (tertiary/aromatic N) is 2. The Morgan fingerprint density at radius 2 is 2.33 bits per heavy atom. The number of hydrogen-bond acceptors (Lipinski definition) is 5. The van der Waals surface area contributed by atoms with E-state index in [0.29, 0.717) is 0 Å². The summed E-state index contributed by atoms with van der Waals surface area (Å²) in [7, 11) is 0. The normalized spacial score (nSPS) is 14.9. The van der Waals surface area contributed by atoms with Crippen LogP contribution < -0.4 is 5.32 Å². The van der Waals surface area contributed by atoms with E-state index in [4.69, 9.17) is 0 Å². The average molecular weight is 279 g/mol. The van der Waals surface area contributed by atoms with Crippen LogP contribution in [0.25, 0.3) is 10.6 Å². The van der Waals surface area contributed by atoms with Gasteiger partial charge in [0.25, 0.3) is 0 Å². The van der Waals surface area contributed by atoms with E-state index in [1.54, 1.807) is 22.7 Å². The molecular weight excluding hydrogens is 262 g/mol. The second-order valence-corrected chi connectivity index (χ2v) is 6.58. The maximum Gasteiger partial charge on any atom is 0.183 e. The number of nitrogens with one attached hydrogen (secondary N) is 1. The number of rotatable bonds is 6. The molecule has 0 radical (unpaired) electrons. The lowest BCUT2D eigenvalue weighted by Crippen LogP contribution is -1.99. The van der Waals surface area contributed by atoms with Gasteiger partial charge in [-0.3, -0.25) is 0 Å². The highest BCUT2D eigenvalue weighted by atomic mass is 32.1. The second kappa shape index (κ2) is 5.36. The third kappa shape index (κ3) is 2.72. The van der Waals surface area contributed by atoms with Crippen molar-refractivity contribution in [1.82, 2.24) is 9.97 Å². The smallest absolute Gasteiger partial charge is 0.183 e. The van der Waals surface area contributed by atoms with E-state index in [-0.39, 0.29) is 0 Å². The van der Waals surface area contributed by atoms with Crippen LogP contribution in [0.3, 0.4) is 0 Å². The molecule has 2 aromatic heterocycles. The summed E-state index contributed by atoms with van der Waals surface area (Å²) < 4.78 is 0. The molecule has 0 atom stereocenters. The van der Waals surface area contributed by atoms with E-state index in [0.717, 1.165) is 23.3 Å². The fourth-order valence-corrected chi connectivity index (χ4v) is 3.63. The Morgan fingerprint density at radius 3 is 3.11 bits per heavy atom. The van der Waals surface area contributed by atoms with E-state index >= 15 is 0 Å². The van der Waals surface area contributed by atoms with Crippen LogP contribution in [0.1, 0.15) is 43.5 Å². The predicted octanol–water partition coefficient (Wildman–Crippen LogP) is 4.36. The lowest BCUT2D eigenvalue weighted by molar-refractivity contribution is 0.833. The van der Waals surface area contributed by atoms with Gasteiger partial charge in [-0.2, -0.15) is 0 Å². The van der Waals surface area contributed by atoms with E-state index in [2.05, 4.69) is 27.6 Å². The Morgan fingerprint density at radius 1 is 1.44 bits per heavy atom. The first-order valence-corrected chi connectivity index (χ1v) is 8.22. The highest BCUT2D eigenvalue weighted by Crippen LogP contribution is 2.43. The molecule has 0 amide bonds. The molecule has 96 valence electrons. The van der Waals surface area contributed by atoms with Crippen molar-refractivity contribution in [3.05, 3.63) is 16.6 Å². The summed E-state index contributed by atoms with van der Waals surface area (Å²) in [6.07, 6.45) is 7.01. The molecule has 3 nitrogen and oxygen atoms in total. The van der Waals surface area contributed by atoms with Crippen molar-refractivity contribution in [2.24, 2.45) is 0 Å². The Bertz CT molecular complexity index is 514. The fourth-order valence-electron chi connectivity index (χ4n) is 1.77. The summed E-state index contributed by atoms with van der Waals surface area (Å²) in [5.74, 6) is 0.740. The Hall–Kier alpha value is -0.940. The number of anilines is 1. The van der Waals surface area contributed by atoms with Crippen LogP contribution in [-0.2, 0) is 0 Å². The van der Waals surface area contributed by atoms with Gasteiger partial charge in [-0.25, -0.2) is 9.97 Å². The number of thiazole rings is 2. The van der Waals surface area contributed by atoms with Gasteiger partial charge in [-0.15, -0.1) is 22.7 Å². The van der Waals surface area contributed by atoms with Crippen molar-refractivity contribution in [3.63, 3.8) is 0 Å². The second-order valence-electron chi connectivity index (χ2n) is 4.66. The molecule has 0 bridgehead atoms. The Labute approximate surface area is 115 Å². The number of unbranched alkanes of at least 4 members (excludes halogenated alkanes) is 1. The topological polar surface area (TPSA) is 37.8 Å². The summed E-state index contributed by atoms with van der Waals surface area (Å²) in [5.41, 5.74) is 1.07. The largest absolute Gasteiger partial charge is 0.362 e. The SMILES string of the molecule is CCCCNc1nc(-c2cnc(C3CC3)s2)cs1. The molecule has 1 saturated carbocycles. The summed E-state index contributed by atoms with van der Waals surface area (Å²) in [6, 6.07) is 0. The quantitative estimate of drug-likeness (QED) is 0.799. The first-order valence-electron chi connectivity index (χ1n) is 6.52. The summed E-state index contributed by atoms with van der Waals surface area (Å²) >= 11 is 3.49. The van der Waals surface area contributed by atoms with Gasteiger partial charge in [-0.1, -0.05) is 13.3 Å². The molecule has 18 heavy (non-hydrogen) atoms. The first-order chi connectivity index (χ1) is 8.86. The van der Waals surface area contributed by atoms with Crippen LogP contribution in [0.5, 0.6) is 0 Å². The van der Waals surface area contributed by atoms with E-state index in [1.165, 1.54) is 35.6 Å². The van der Waals surface area contributed by atoms with E-state index in [1.807, 2.05) is 6.20 Å². The Kier molecular flexibility index (Phi) is 3.61. The molecular formula is C13H17N3S2. The summed E-state index contributed by atoms with van der Waals surface area (Å²) in [4.78, 5) is 10.3. The van der Waals surface area contributed by atoms with Crippen molar-refractivity contribution in [2.75, 3.05) is 11.9 Å². The third-order valence-electron chi connectivity index (χ3n) is 3.01. The molecule has 0 unspecified atom stereocenters. The van der Waals surface area contributed by atoms with Gasteiger partial charge in [0.1, 0.15) is 0 Å². The molecule has 3 rings (SSSR count). The standard InChI is InChI=1S/C13H17N3S2/c1-2-3-6-14-13-16-10(8-17-13)11-7-15-12(18-11)9-4-5-9/h7-9H,2-6H2,1H3,(H,14,16). The van der Waals surface area contributed by atoms with Gasteiger partial charge >= 0.3 is 0 Å². The molecule has 2 aromatic rings. The highest BCUT2D eigenvalue weighted by molar-refractivity contribution is 7.16. The van der Waals surface area contributed by atoms with Crippen LogP contribution >= 0.6 is 22.7 Å². The van der Waals surface area contributed by atoms with Crippen LogP contribution in [0, 0.1) is 0 Å². The lowest BCUT2D eigenvalue weighted by atomic mass is 10.3. The van der Waals surface area contributed by atoms with Gasteiger partial charge in [0.15, 0.2) is 5.13 Å². The minimum Gasteiger partial charge on any atom is -0.362 e. The van der Waals surface area contributed by atoms with Gasteiger partial charge in [-0.05, 0) is 19.3 Å². The maximum atomic E-state index is 4.62. The van der Waals surface area contributed by atoms with Gasteiger partial charge < -0.3 is 5.32 Å². The number of aromatic nitrogens is 2. The summed E-state index contributed by atoms with van der Waals surface area (Å²) in [5, 5.41) is 7.81. The zero-order valence-corrected chi connectivity index (χ0v) is 12.1. The first kappa shape index (κ1) is 12.1. The zero-order chi connectivity index (χ0) is 12.4. The molecule has 0 spiro atoms. The van der Waals surface area contributed by atoms with E-state index < -0.39 is 0 Å². The van der Waals surface area contributed by atoms with Crippen LogP contribution in [0.2, 0.25) is 0 Å².